The van der Waals surface area contributed by atoms with Gasteiger partial charge in [0.05, 0.1) is 19.3 Å². The van der Waals surface area contributed by atoms with Gasteiger partial charge < -0.3 is 14.5 Å². The van der Waals surface area contributed by atoms with Gasteiger partial charge in [-0.3, -0.25) is 4.79 Å². The Bertz CT molecular complexity index is 526. The molecule has 0 aliphatic carbocycles. The van der Waals surface area contributed by atoms with Gasteiger partial charge in [-0.1, -0.05) is 0 Å². The van der Waals surface area contributed by atoms with Gasteiger partial charge >= 0.3 is 0 Å². The summed E-state index contributed by atoms with van der Waals surface area (Å²) in [6.45, 7) is 7.96. The maximum atomic E-state index is 11.7. The van der Waals surface area contributed by atoms with Gasteiger partial charge in [0, 0.05) is 32.8 Å². The van der Waals surface area contributed by atoms with Crippen molar-refractivity contribution in [3.05, 3.63) is 23.4 Å². The number of nitrogens with zero attached hydrogens (tertiary/aromatic N) is 3. The first-order chi connectivity index (χ1) is 10.2. The average molecular weight is 289 g/mol. The number of pyridine rings is 1. The molecular weight excluding hydrogens is 266 g/mol. The third-order valence-electron chi connectivity index (χ3n) is 4.42. The Morgan fingerprint density at radius 1 is 1.33 bits per heavy atom. The van der Waals surface area contributed by atoms with Crippen LogP contribution in [0.1, 0.15) is 36.9 Å². The molecule has 2 fully saturated rings. The van der Waals surface area contributed by atoms with Gasteiger partial charge in [-0.05, 0) is 37.0 Å². The number of morpholine rings is 1. The van der Waals surface area contributed by atoms with Crippen LogP contribution in [0.3, 0.4) is 0 Å². The van der Waals surface area contributed by atoms with Crippen molar-refractivity contribution in [2.75, 3.05) is 37.7 Å². The van der Waals surface area contributed by atoms with E-state index in [1.54, 1.807) is 6.92 Å². The van der Waals surface area contributed by atoms with Crippen molar-refractivity contribution in [3.8, 4) is 0 Å². The fourth-order valence-corrected chi connectivity index (χ4v) is 3.37. The number of anilines is 1. The average Bonchev–Trinajstić information content (AvgIpc) is 2.97. The minimum Gasteiger partial charge on any atom is -0.378 e. The Hall–Kier alpha value is -1.62. The summed E-state index contributed by atoms with van der Waals surface area (Å²) in [7, 11) is 0. The van der Waals surface area contributed by atoms with Gasteiger partial charge in [0.2, 0.25) is 5.91 Å². The molecule has 1 atom stereocenters. The van der Waals surface area contributed by atoms with E-state index in [1.807, 2.05) is 11.1 Å². The lowest BCUT2D eigenvalue weighted by Gasteiger charge is -2.30. The molecular formula is C16H23N3O2. The molecule has 1 amide bonds. The van der Waals surface area contributed by atoms with Gasteiger partial charge in [0.15, 0.2) is 0 Å². The van der Waals surface area contributed by atoms with E-state index in [-0.39, 0.29) is 11.9 Å². The fraction of sp³-hybridized carbons (Fsp3) is 0.625. The molecule has 114 valence electrons. The number of carbonyl (C=O) groups is 1. The second kappa shape index (κ2) is 6.02. The molecule has 1 aromatic heterocycles. The molecule has 0 bridgehead atoms. The number of aryl methyl sites for hydroxylation is 1. The minimum atomic E-state index is 0.160. The van der Waals surface area contributed by atoms with Gasteiger partial charge in [0.1, 0.15) is 5.82 Å². The van der Waals surface area contributed by atoms with E-state index in [4.69, 9.17) is 4.74 Å². The summed E-state index contributed by atoms with van der Waals surface area (Å²) >= 11 is 0. The summed E-state index contributed by atoms with van der Waals surface area (Å²) in [6.07, 6.45) is 4.07. The molecule has 0 aromatic carbocycles. The Morgan fingerprint density at radius 2 is 2.10 bits per heavy atom. The normalized spacial score (nSPS) is 22.7. The number of amides is 1. The number of likely N-dealkylation sites (tertiary alicyclic amines) is 1. The van der Waals surface area contributed by atoms with Crippen molar-refractivity contribution < 1.29 is 9.53 Å². The van der Waals surface area contributed by atoms with E-state index in [2.05, 4.69) is 22.9 Å². The first-order valence-electron chi connectivity index (χ1n) is 7.73. The number of ether oxygens (including phenoxy) is 1. The van der Waals surface area contributed by atoms with Crippen LogP contribution in [0.2, 0.25) is 0 Å². The summed E-state index contributed by atoms with van der Waals surface area (Å²) in [5, 5.41) is 0. The third-order valence-corrected chi connectivity index (χ3v) is 4.42. The quantitative estimate of drug-likeness (QED) is 0.834. The first-order valence-corrected chi connectivity index (χ1v) is 7.73. The van der Waals surface area contributed by atoms with E-state index < -0.39 is 0 Å². The zero-order valence-electron chi connectivity index (χ0n) is 12.8. The van der Waals surface area contributed by atoms with Crippen LogP contribution in [0.5, 0.6) is 0 Å². The Labute approximate surface area is 125 Å². The molecule has 5 heteroatoms. The highest BCUT2D eigenvalue weighted by Gasteiger charge is 2.28. The lowest BCUT2D eigenvalue weighted by Crippen LogP contribution is -2.37. The zero-order chi connectivity index (χ0) is 14.8. The zero-order valence-corrected chi connectivity index (χ0v) is 12.8. The van der Waals surface area contributed by atoms with E-state index in [0.29, 0.717) is 0 Å². The Balaban J connectivity index is 1.82. The summed E-state index contributed by atoms with van der Waals surface area (Å²) in [5.41, 5.74) is 2.35. The second-order valence-electron chi connectivity index (χ2n) is 5.88. The van der Waals surface area contributed by atoms with Crippen molar-refractivity contribution >= 4 is 11.7 Å². The molecule has 2 aliphatic rings. The molecule has 1 aromatic rings. The molecule has 2 saturated heterocycles. The molecule has 0 saturated carbocycles. The van der Waals surface area contributed by atoms with E-state index >= 15 is 0 Å². The number of carbonyl (C=O) groups excluding carboxylic acids is 1. The molecule has 3 rings (SSSR count). The monoisotopic (exact) mass is 289 g/mol. The molecule has 0 radical (unpaired) electrons. The summed E-state index contributed by atoms with van der Waals surface area (Å²) < 4.78 is 5.39. The summed E-state index contributed by atoms with van der Waals surface area (Å²) in [6, 6.07) is 2.40. The highest BCUT2D eigenvalue weighted by Crippen LogP contribution is 2.33. The summed E-state index contributed by atoms with van der Waals surface area (Å²) in [4.78, 5) is 20.6. The Kier molecular flexibility index (Phi) is 4.10. The van der Waals surface area contributed by atoms with E-state index in [9.17, 15) is 4.79 Å². The van der Waals surface area contributed by atoms with Crippen LogP contribution in [0.4, 0.5) is 5.82 Å². The lowest BCUT2D eigenvalue weighted by molar-refractivity contribution is -0.129. The maximum absolute atomic E-state index is 11.7. The van der Waals surface area contributed by atoms with Gasteiger partial charge in [-0.2, -0.15) is 0 Å². The Morgan fingerprint density at radius 3 is 2.76 bits per heavy atom. The number of hydrogen-bond donors (Lipinski definition) is 0. The fourth-order valence-electron chi connectivity index (χ4n) is 3.37. The van der Waals surface area contributed by atoms with Crippen LogP contribution in [-0.2, 0) is 9.53 Å². The smallest absolute Gasteiger partial charge is 0.219 e. The van der Waals surface area contributed by atoms with Crippen LogP contribution < -0.4 is 4.90 Å². The van der Waals surface area contributed by atoms with Crippen LogP contribution in [-0.4, -0.2) is 48.6 Å². The lowest BCUT2D eigenvalue weighted by atomic mass is 10.0. The number of hydrogen-bond acceptors (Lipinski definition) is 4. The number of aromatic nitrogens is 1. The topological polar surface area (TPSA) is 45.7 Å². The van der Waals surface area contributed by atoms with Crippen LogP contribution >= 0.6 is 0 Å². The molecule has 0 spiro atoms. The molecule has 21 heavy (non-hydrogen) atoms. The maximum Gasteiger partial charge on any atom is 0.219 e. The predicted octanol–water partition coefficient (Wildman–Crippen LogP) is 1.91. The van der Waals surface area contributed by atoms with Crippen molar-refractivity contribution in [2.45, 2.75) is 32.7 Å². The predicted molar refractivity (Wildman–Crippen MR) is 81.4 cm³/mol. The minimum absolute atomic E-state index is 0.160. The molecule has 5 nitrogen and oxygen atoms in total. The number of rotatable bonds is 2. The standard InChI is InChI=1S/C16H23N3O2/c1-12-10-14(15-4-3-5-19(15)13(2)20)11-17-16(12)18-6-8-21-9-7-18/h10-11,15H,3-9H2,1-2H3. The van der Waals surface area contributed by atoms with Gasteiger partial charge in [-0.15, -0.1) is 0 Å². The molecule has 3 heterocycles. The van der Waals surface area contributed by atoms with E-state index in [0.717, 1.165) is 57.1 Å². The van der Waals surface area contributed by atoms with Crippen LogP contribution in [0.25, 0.3) is 0 Å². The molecule has 1 unspecified atom stereocenters. The highest BCUT2D eigenvalue weighted by molar-refractivity contribution is 5.74. The van der Waals surface area contributed by atoms with Crippen LogP contribution in [0.15, 0.2) is 12.3 Å². The van der Waals surface area contributed by atoms with Gasteiger partial charge in [-0.25, -0.2) is 4.98 Å². The first kappa shape index (κ1) is 14.3. The van der Waals surface area contributed by atoms with E-state index in [1.165, 1.54) is 5.56 Å². The van der Waals surface area contributed by atoms with Crippen molar-refractivity contribution in [3.63, 3.8) is 0 Å². The summed E-state index contributed by atoms with van der Waals surface area (Å²) in [5.74, 6) is 1.21. The van der Waals surface area contributed by atoms with Gasteiger partial charge in [0.25, 0.3) is 0 Å². The second-order valence-corrected chi connectivity index (χ2v) is 5.88. The van der Waals surface area contributed by atoms with Crippen molar-refractivity contribution in [1.29, 1.82) is 0 Å². The third kappa shape index (κ3) is 2.88. The molecule has 0 N–H and O–H groups in total. The highest BCUT2D eigenvalue weighted by atomic mass is 16.5. The SMILES string of the molecule is CC(=O)N1CCCC1c1cnc(N2CCOCC2)c(C)c1. The van der Waals surface area contributed by atoms with Crippen molar-refractivity contribution in [1.82, 2.24) is 9.88 Å². The molecule has 2 aliphatic heterocycles. The largest absolute Gasteiger partial charge is 0.378 e. The van der Waals surface area contributed by atoms with Crippen LogP contribution in [0, 0.1) is 6.92 Å². The van der Waals surface area contributed by atoms with Crippen molar-refractivity contribution in [2.24, 2.45) is 0 Å².